The molecule has 2 rings (SSSR count). The molecule has 1 saturated heterocycles. The smallest absolute Gasteiger partial charge is 0.223 e. The summed E-state index contributed by atoms with van der Waals surface area (Å²) < 4.78 is 5.19. The third kappa shape index (κ3) is 4.39. The summed E-state index contributed by atoms with van der Waals surface area (Å²) in [6.07, 6.45) is 1.34. The monoisotopic (exact) mass is 298 g/mol. The van der Waals surface area contributed by atoms with E-state index in [1.807, 2.05) is 29.2 Å². The number of aryl methyl sites for hydroxylation is 1. The molecule has 1 aromatic carbocycles. The Hall–Kier alpha value is -1.26. The number of benzene rings is 1. The predicted octanol–water partition coefficient (Wildman–Crippen LogP) is 1.87. The highest BCUT2D eigenvalue weighted by molar-refractivity contribution is 5.85. The molecule has 0 bridgehead atoms. The average Bonchev–Trinajstić information content (AvgIpc) is 2.45. The van der Waals surface area contributed by atoms with E-state index in [0.29, 0.717) is 12.5 Å². The first-order chi connectivity index (χ1) is 9.20. The van der Waals surface area contributed by atoms with Crippen LogP contribution in [0.2, 0.25) is 0 Å². The van der Waals surface area contributed by atoms with Crippen LogP contribution in [0.25, 0.3) is 0 Å². The van der Waals surface area contributed by atoms with Crippen LogP contribution < -0.4 is 10.1 Å². The van der Waals surface area contributed by atoms with Crippen molar-refractivity contribution in [1.29, 1.82) is 0 Å². The van der Waals surface area contributed by atoms with Gasteiger partial charge in [0.25, 0.3) is 0 Å². The zero-order valence-electron chi connectivity index (χ0n) is 12.1. The Labute approximate surface area is 126 Å². The van der Waals surface area contributed by atoms with E-state index in [9.17, 15) is 4.79 Å². The first-order valence-electron chi connectivity index (χ1n) is 6.84. The summed E-state index contributed by atoms with van der Waals surface area (Å²) in [5, 5.41) is 3.30. The Kier molecular flexibility index (Phi) is 6.82. The van der Waals surface area contributed by atoms with Crippen molar-refractivity contribution in [2.45, 2.75) is 25.8 Å². The number of halogens is 1. The molecular weight excluding hydrogens is 276 g/mol. The first-order valence-corrected chi connectivity index (χ1v) is 6.84. The van der Waals surface area contributed by atoms with Gasteiger partial charge < -0.3 is 15.0 Å². The minimum absolute atomic E-state index is 0. The van der Waals surface area contributed by atoms with Crippen molar-refractivity contribution in [3.05, 3.63) is 29.8 Å². The van der Waals surface area contributed by atoms with Crippen molar-refractivity contribution in [3.8, 4) is 5.75 Å². The van der Waals surface area contributed by atoms with E-state index in [1.54, 1.807) is 7.11 Å². The summed E-state index contributed by atoms with van der Waals surface area (Å²) in [5.41, 5.74) is 1.15. The number of nitrogens with one attached hydrogen (secondary N) is 1. The largest absolute Gasteiger partial charge is 0.497 e. The molecule has 1 aliphatic heterocycles. The van der Waals surface area contributed by atoms with E-state index in [-0.39, 0.29) is 18.3 Å². The van der Waals surface area contributed by atoms with Crippen LogP contribution in [0.15, 0.2) is 24.3 Å². The molecule has 0 saturated carbocycles. The minimum Gasteiger partial charge on any atom is -0.497 e. The molecule has 1 atom stereocenters. The lowest BCUT2D eigenvalue weighted by Gasteiger charge is -2.34. The number of rotatable bonds is 4. The number of piperazine rings is 1. The molecule has 0 aromatic heterocycles. The molecule has 112 valence electrons. The Morgan fingerprint density at radius 3 is 3.00 bits per heavy atom. The van der Waals surface area contributed by atoms with Gasteiger partial charge in [-0.15, -0.1) is 12.4 Å². The zero-order valence-corrected chi connectivity index (χ0v) is 12.9. The summed E-state index contributed by atoms with van der Waals surface area (Å²) in [6, 6.07) is 8.22. The highest BCUT2D eigenvalue weighted by Crippen LogP contribution is 2.15. The van der Waals surface area contributed by atoms with Crippen LogP contribution in [0.5, 0.6) is 5.75 Å². The zero-order chi connectivity index (χ0) is 13.7. The fraction of sp³-hybridized carbons (Fsp3) is 0.533. The van der Waals surface area contributed by atoms with E-state index in [0.717, 1.165) is 37.4 Å². The number of carbonyl (C=O) groups is 1. The van der Waals surface area contributed by atoms with Crippen LogP contribution in [0.3, 0.4) is 0 Å². The number of amides is 1. The fourth-order valence-corrected chi connectivity index (χ4v) is 2.43. The van der Waals surface area contributed by atoms with Crippen LogP contribution in [0.4, 0.5) is 0 Å². The number of methoxy groups -OCH3 is 1. The molecule has 0 radical (unpaired) electrons. The van der Waals surface area contributed by atoms with Crippen molar-refractivity contribution in [3.63, 3.8) is 0 Å². The second kappa shape index (κ2) is 8.12. The Bertz CT molecular complexity index is 440. The van der Waals surface area contributed by atoms with Crippen molar-refractivity contribution < 1.29 is 9.53 Å². The van der Waals surface area contributed by atoms with Gasteiger partial charge in [0.2, 0.25) is 5.91 Å². The van der Waals surface area contributed by atoms with Crippen LogP contribution in [0.1, 0.15) is 18.9 Å². The quantitative estimate of drug-likeness (QED) is 0.923. The van der Waals surface area contributed by atoms with Crippen LogP contribution >= 0.6 is 12.4 Å². The average molecular weight is 299 g/mol. The van der Waals surface area contributed by atoms with Crippen LogP contribution in [-0.4, -0.2) is 43.6 Å². The van der Waals surface area contributed by atoms with E-state index in [2.05, 4.69) is 12.2 Å². The molecule has 1 aromatic rings. The topological polar surface area (TPSA) is 41.6 Å². The Morgan fingerprint density at radius 1 is 1.50 bits per heavy atom. The maximum Gasteiger partial charge on any atom is 0.223 e. The summed E-state index contributed by atoms with van der Waals surface area (Å²) in [5.74, 6) is 1.09. The molecule has 5 heteroatoms. The van der Waals surface area contributed by atoms with E-state index >= 15 is 0 Å². The molecule has 20 heavy (non-hydrogen) atoms. The van der Waals surface area contributed by atoms with E-state index in [4.69, 9.17) is 4.74 Å². The first kappa shape index (κ1) is 16.8. The molecular formula is C15H23ClN2O2. The summed E-state index contributed by atoms with van der Waals surface area (Å²) >= 11 is 0. The number of hydrogen-bond donors (Lipinski definition) is 1. The summed E-state index contributed by atoms with van der Waals surface area (Å²) in [7, 11) is 1.66. The van der Waals surface area contributed by atoms with Crippen molar-refractivity contribution in [1.82, 2.24) is 10.2 Å². The van der Waals surface area contributed by atoms with Crippen molar-refractivity contribution >= 4 is 18.3 Å². The third-order valence-electron chi connectivity index (χ3n) is 3.58. The highest BCUT2D eigenvalue weighted by atomic mass is 35.5. The van der Waals surface area contributed by atoms with E-state index in [1.165, 1.54) is 0 Å². The summed E-state index contributed by atoms with van der Waals surface area (Å²) in [4.78, 5) is 14.2. The van der Waals surface area contributed by atoms with Gasteiger partial charge in [0.15, 0.2) is 0 Å². The summed E-state index contributed by atoms with van der Waals surface area (Å²) in [6.45, 7) is 4.70. The van der Waals surface area contributed by atoms with Gasteiger partial charge in [0, 0.05) is 32.1 Å². The van der Waals surface area contributed by atoms with Gasteiger partial charge in [0.05, 0.1) is 7.11 Å². The second-order valence-electron chi connectivity index (χ2n) is 4.99. The van der Waals surface area contributed by atoms with Crippen molar-refractivity contribution in [2.24, 2.45) is 0 Å². The van der Waals surface area contributed by atoms with Gasteiger partial charge in [-0.1, -0.05) is 12.1 Å². The molecule has 0 unspecified atom stereocenters. The fourth-order valence-electron chi connectivity index (χ4n) is 2.43. The van der Waals surface area contributed by atoms with Gasteiger partial charge in [-0.05, 0) is 31.0 Å². The lowest BCUT2D eigenvalue weighted by molar-refractivity contribution is -0.133. The molecule has 1 heterocycles. The van der Waals surface area contributed by atoms with Crippen LogP contribution in [-0.2, 0) is 11.2 Å². The Balaban J connectivity index is 0.00000200. The van der Waals surface area contributed by atoms with Gasteiger partial charge >= 0.3 is 0 Å². The number of carbonyl (C=O) groups excluding carboxylic acids is 1. The van der Waals surface area contributed by atoms with Crippen LogP contribution in [0, 0.1) is 0 Å². The van der Waals surface area contributed by atoms with Crippen molar-refractivity contribution in [2.75, 3.05) is 26.7 Å². The lowest BCUT2D eigenvalue weighted by atomic mass is 10.1. The lowest BCUT2D eigenvalue weighted by Crippen LogP contribution is -2.52. The molecule has 1 aliphatic rings. The molecule has 1 N–H and O–H groups in total. The SMILES string of the molecule is COc1cccc(CCC(=O)N2CCNC[C@H]2C)c1.Cl. The van der Waals surface area contributed by atoms with Gasteiger partial charge in [-0.3, -0.25) is 4.79 Å². The number of hydrogen-bond acceptors (Lipinski definition) is 3. The molecule has 1 fully saturated rings. The predicted molar refractivity (Wildman–Crippen MR) is 82.6 cm³/mol. The number of ether oxygens (including phenoxy) is 1. The van der Waals surface area contributed by atoms with Gasteiger partial charge in [-0.25, -0.2) is 0 Å². The minimum atomic E-state index is 0. The van der Waals surface area contributed by atoms with Gasteiger partial charge in [0.1, 0.15) is 5.75 Å². The maximum absolute atomic E-state index is 12.2. The third-order valence-corrected chi connectivity index (χ3v) is 3.58. The van der Waals surface area contributed by atoms with Gasteiger partial charge in [-0.2, -0.15) is 0 Å². The second-order valence-corrected chi connectivity index (χ2v) is 4.99. The highest BCUT2D eigenvalue weighted by Gasteiger charge is 2.22. The standard InChI is InChI=1S/C15H22N2O2.ClH/c1-12-11-16-8-9-17(12)15(18)7-6-13-4-3-5-14(10-13)19-2;/h3-5,10,12,16H,6-9,11H2,1-2H3;1H/t12-;/m1./s1. The number of nitrogens with zero attached hydrogens (tertiary/aromatic N) is 1. The van der Waals surface area contributed by atoms with E-state index < -0.39 is 0 Å². The molecule has 0 spiro atoms. The molecule has 1 amide bonds. The molecule has 4 nitrogen and oxygen atoms in total. The molecule has 0 aliphatic carbocycles. The Morgan fingerprint density at radius 2 is 2.30 bits per heavy atom. The normalized spacial score (nSPS) is 18.3. The maximum atomic E-state index is 12.2.